The van der Waals surface area contributed by atoms with Crippen molar-refractivity contribution in [2.75, 3.05) is 0 Å². The highest BCUT2D eigenvalue weighted by molar-refractivity contribution is 5.81. The molecular weight excluding hydrogens is 166 g/mol. The summed E-state index contributed by atoms with van der Waals surface area (Å²) in [6.45, 7) is 4.27. The number of Topliss-reactive ketones (excluding diaryl/α,β-unsaturated/α-hetero) is 1. The second-order valence-corrected chi connectivity index (χ2v) is 4.51. The van der Waals surface area contributed by atoms with Crippen molar-refractivity contribution in [1.29, 1.82) is 0 Å². The van der Waals surface area contributed by atoms with Gasteiger partial charge in [-0.15, -0.1) is 0 Å². The lowest BCUT2D eigenvalue weighted by Gasteiger charge is -2.37. The molecular formula is C10H17NO2. The Labute approximate surface area is 78.7 Å². The zero-order valence-electron chi connectivity index (χ0n) is 8.23. The molecule has 0 saturated carbocycles. The van der Waals surface area contributed by atoms with Gasteiger partial charge in [0.1, 0.15) is 5.78 Å². The van der Waals surface area contributed by atoms with Gasteiger partial charge < -0.3 is 5.11 Å². The Balaban J connectivity index is 2.20. The molecule has 13 heavy (non-hydrogen) atoms. The molecule has 2 saturated heterocycles. The molecule has 1 N–H and O–H groups in total. The quantitative estimate of drug-likeness (QED) is 0.646. The summed E-state index contributed by atoms with van der Waals surface area (Å²) < 4.78 is 0. The molecule has 0 spiro atoms. The first-order chi connectivity index (χ1) is 6.09. The Bertz CT molecular complexity index is 227. The fourth-order valence-corrected chi connectivity index (χ4v) is 2.84. The third kappa shape index (κ3) is 1.40. The number of aliphatic hydroxyl groups excluding tert-OH is 1. The lowest BCUT2D eigenvalue weighted by molar-refractivity contribution is -0.124. The molecule has 2 rings (SSSR count). The zero-order chi connectivity index (χ0) is 9.59. The van der Waals surface area contributed by atoms with Crippen molar-refractivity contribution in [2.24, 2.45) is 0 Å². The van der Waals surface area contributed by atoms with Gasteiger partial charge in [-0.05, 0) is 20.3 Å². The van der Waals surface area contributed by atoms with Gasteiger partial charge in [-0.25, -0.2) is 0 Å². The number of hydrogen-bond acceptors (Lipinski definition) is 3. The third-order valence-electron chi connectivity index (χ3n) is 3.26. The summed E-state index contributed by atoms with van der Waals surface area (Å²) in [4.78, 5) is 13.6. The number of carbonyl (C=O) groups is 1. The fraction of sp³-hybridized carbons (Fsp3) is 0.900. The fourth-order valence-electron chi connectivity index (χ4n) is 2.84. The van der Waals surface area contributed by atoms with E-state index >= 15 is 0 Å². The normalized spacial score (nSPS) is 40.3. The predicted octanol–water partition coefficient (Wildman–Crippen LogP) is 0.561. The topological polar surface area (TPSA) is 40.5 Å². The Hall–Kier alpha value is -0.410. The molecule has 0 aromatic rings. The lowest BCUT2D eigenvalue weighted by atomic mass is 9.99. The molecule has 2 fully saturated rings. The van der Waals surface area contributed by atoms with E-state index in [9.17, 15) is 9.90 Å². The van der Waals surface area contributed by atoms with Gasteiger partial charge in [-0.1, -0.05) is 0 Å². The van der Waals surface area contributed by atoms with Crippen molar-refractivity contribution in [3.05, 3.63) is 0 Å². The summed E-state index contributed by atoms with van der Waals surface area (Å²) in [6, 6.07) is 0.854. The molecule has 2 heterocycles. The van der Waals surface area contributed by atoms with Crippen molar-refractivity contribution in [3.8, 4) is 0 Å². The second kappa shape index (κ2) is 3.07. The van der Waals surface area contributed by atoms with Crippen LogP contribution in [0, 0.1) is 0 Å². The number of fused-ring (bicyclic) bond motifs is 2. The minimum Gasteiger partial charge on any atom is -0.391 e. The van der Waals surface area contributed by atoms with Crippen molar-refractivity contribution in [2.45, 2.75) is 57.3 Å². The van der Waals surface area contributed by atoms with Crippen LogP contribution in [0.15, 0.2) is 0 Å². The summed E-state index contributed by atoms with van der Waals surface area (Å²) in [6.07, 6.45) is 1.70. The van der Waals surface area contributed by atoms with Crippen LogP contribution in [0.5, 0.6) is 0 Å². The molecule has 3 nitrogen and oxygen atoms in total. The number of ketones is 1. The molecule has 3 heteroatoms. The van der Waals surface area contributed by atoms with E-state index in [1.54, 1.807) is 0 Å². The van der Waals surface area contributed by atoms with E-state index in [-0.39, 0.29) is 12.1 Å². The number of carbonyl (C=O) groups excluding carboxylic acids is 1. The van der Waals surface area contributed by atoms with E-state index in [2.05, 4.69) is 18.7 Å². The standard InChI is InChI=1S/C10H17NO2/c1-6(2)11-7-3-8(12)5-9(11)10(13)4-7/h6-7,9-10,13H,3-5H2,1-2H3/t7-,9+,10-/m0/s1. The van der Waals surface area contributed by atoms with Gasteiger partial charge in [-0.3, -0.25) is 9.69 Å². The lowest BCUT2D eigenvalue weighted by Crippen LogP contribution is -2.48. The van der Waals surface area contributed by atoms with Crippen molar-refractivity contribution >= 4 is 5.78 Å². The third-order valence-corrected chi connectivity index (χ3v) is 3.26. The van der Waals surface area contributed by atoms with E-state index < -0.39 is 0 Å². The average Bonchev–Trinajstić information content (AvgIpc) is 2.21. The van der Waals surface area contributed by atoms with Gasteiger partial charge in [0.15, 0.2) is 0 Å². The number of rotatable bonds is 1. The highest BCUT2D eigenvalue weighted by Crippen LogP contribution is 2.35. The van der Waals surface area contributed by atoms with Gasteiger partial charge in [0.05, 0.1) is 6.10 Å². The van der Waals surface area contributed by atoms with E-state index in [4.69, 9.17) is 0 Å². The van der Waals surface area contributed by atoms with Gasteiger partial charge >= 0.3 is 0 Å². The van der Waals surface area contributed by atoms with Crippen molar-refractivity contribution < 1.29 is 9.90 Å². The summed E-state index contributed by atoms with van der Waals surface area (Å²) in [7, 11) is 0. The van der Waals surface area contributed by atoms with Gasteiger partial charge in [0, 0.05) is 31.0 Å². The molecule has 2 aliphatic rings. The molecule has 0 amide bonds. The SMILES string of the molecule is CC(C)N1[C@H]2CC(=O)C[C@@H]1[C@@H](O)C2. The van der Waals surface area contributed by atoms with Crippen LogP contribution in [0.3, 0.4) is 0 Å². The van der Waals surface area contributed by atoms with Crippen molar-refractivity contribution in [1.82, 2.24) is 4.90 Å². The van der Waals surface area contributed by atoms with Crippen LogP contribution in [0.1, 0.15) is 33.1 Å². The highest BCUT2D eigenvalue weighted by Gasteiger charge is 2.46. The van der Waals surface area contributed by atoms with Crippen molar-refractivity contribution in [3.63, 3.8) is 0 Å². The summed E-state index contributed by atoms with van der Waals surface area (Å²) in [5.41, 5.74) is 0. The predicted molar refractivity (Wildman–Crippen MR) is 49.4 cm³/mol. The summed E-state index contributed by atoms with van der Waals surface area (Å²) in [5, 5.41) is 9.74. The molecule has 2 aliphatic heterocycles. The highest BCUT2D eigenvalue weighted by atomic mass is 16.3. The van der Waals surface area contributed by atoms with E-state index in [0.29, 0.717) is 30.7 Å². The summed E-state index contributed by atoms with van der Waals surface area (Å²) >= 11 is 0. The van der Waals surface area contributed by atoms with Crippen LogP contribution < -0.4 is 0 Å². The molecule has 74 valence electrons. The number of hydrogen-bond donors (Lipinski definition) is 1. The maximum Gasteiger partial charge on any atom is 0.136 e. The summed E-state index contributed by atoms with van der Waals surface area (Å²) in [5.74, 6) is 0.323. The first-order valence-corrected chi connectivity index (χ1v) is 5.07. The zero-order valence-corrected chi connectivity index (χ0v) is 8.23. The van der Waals surface area contributed by atoms with E-state index in [1.165, 1.54) is 0 Å². The van der Waals surface area contributed by atoms with Crippen LogP contribution in [0.25, 0.3) is 0 Å². The molecule has 0 radical (unpaired) electrons. The molecule has 0 aromatic heterocycles. The number of aliphatic hydroxyl groups is 1. The maximum absolute atomic E-state index is 11.3. The van der Waals surface area contributed by atoms with Crippen LogP contribution in [-0.4, -0.2) is 40.0 Å². The first kappa shape index (κ1) is 9.16. The molecule has 2 bridgehead atoms. The minimum absolute atomic E-state index is 0.103. The maximum atomic E-state index is 11.3. The van der Waals surface area contributed by atoms with Crippen LogP contribution in [0.4, 0.5) is 0 Å². The van der Waals surface area contributed by atoms with E-state index in [1.807, 2.05) is 0 Å². The molecule has 0 unspecified atom stereocenters. The Kier molecular flexibility index (Phi) is 2.16. The Morgan fingerprint density at radius 2 is 2.15 bits per heavy atom. The van der Waals surface area contributed by atoms with Crippen LogP contribution in [-0.2, 0) is 4.79 Å². The molecule has 0 aromatic carbocycles. The number of piperidine rings is 1. The largest absolute Gasteiger partial charge is 0.391 e. The van der Waals surface area contributed by atoms with Gasteiger partial charge in [-0.2, -0.15) is 0 Å². The van der Waals surface area contributed by atoms with Crippen LogP contribution in [0.2, 0.25) is 0 Å². The monoisotopic (exact) mass is 183 g/mol. The number of nitrogens with zero attached hydrogens (tertiary/aromatic N) is 1. The Morgan fingerprint density at radius 3 is 2.69 bits per heavy atom. The average molecular weight is 183 g/mol. The Morgan fingerprint density at radius 1 is 1.46 bits per heavy atom. The molecule has 3 atom stereocenters. The van der Waals surface area contributed by atoms with Gasteiger partial charge in [0.25, 0.3) is 0 Å². The van der Waals surface area contributed by atoms with E-state index in [0.717, 1.165) is 6.42 Å². The second-order valence-electron chi connectivity index (χ2n) is 4.51. The minimum atomic E-state index is -0.279. The first-order valence-electron chi connectivity index (χ1n) is 5.07. The smallest absolute Gasteiger partial charge is 0.136 e. The molecule has 0 aliphatic carbocycles. The van der Waals surface area contributed by atoms with Gasteiger partial charge in [0.2, 0.25) is 0 Å². The van der Waals surface area contributed by atoms with Crippen LogP contribution >= 0.6 is 0 Å².